The summed E-state index contributed by atoms with van der Waals surface area (Å²) in [4.78, 5) is 24.5. The van der Waals surface area contributed by atoms with Crippen molar-refractivity contribution in [2.75, 3.05) is 35.0 Å². The van der Waals surface area contributed by atoms with Crippen LogP contribution in [0.2, 0.25) is 0 Å². The molecule has 3 aromatic rings. The molecule has 0 saturated heterocycles. The van der Waals surface area contributed by atoms with Gasteiger partial charge in [0.05, 0.1) is 40.2 Å². The second kappa shape index (κ2) is 12.7. The SMILES string of the molecule is COc1ccc(OCC(=O)NN=Cc2ccc(OC(=O)c3cc(OC)c(OC)c(OC)c3)cc2)cc1. The number of methoxy groups -OCH3 is 4. The van der Waals surface area contributed by atoms with Crippen molar-refractivity contribution in [3.63, 3.8) is 0 Å². The fourth-order valence-electron chi connectivity index (χ4n) is 3.02. The van der Waals surface area contributed by atoms with Gasteiger partial charge in [0.25, 0.3) is 5.91 Å². The van der Waals surface area contributed by atoms with Crippen molar-refractivity contribution in [3.8, 4) is 34.5 Å². The molecule has 0 aliphatic heterocycles. The van der Waals surface area contributed by atoms with Gasteiger partial charge in [-0.05, 0) is 66.2 Å². The van der Waals surface area contributed by atoms with E-state index in [9.17, 15) is 9.59 Å². The van der Waals surface area contributed by atoms with E-state index in [4.69, 9.17) is 28.4 Å². The molecule has 0 saturated carbocycles. The maximum absolute atomic E-state index is 12.6. The standard InChI is InChI=1S/C26H26N2O8/c1-31-19-9-11-20(12-10-19)35-16-24(29)28-27-15-17-5-7-21(8-6-17)36-26(30)18-13-22(32-2)25(34-4)23(14-18)33-3/h5-15H,16H2,1-4H3,(H,28,29). The van der Waals surface area contributed by atoms with E-state index in [2.05, 4.69) is 10.5 Å². The maximum Gasteiger partial charge on any atom is 0.343 e. The molecule has 0 bridgehead atoms. The normalized spacial score (nSPS) is 10.4. The van der Waals surface area contributed by atoms with E-state index in [0.29, 0.717) is 40.1 Å². The number of carbonyl (C=O) groups is 2. The topological polar surface area (TPSA) is 114 Å². The summed E-state index contributed by atoms with van der Waals surface area (Å²) in [6, 6.07) is 16.4. The van der Waals surface area contributed by atoms with Crippen LogP contribution < -0.4 is 33.8 Å². The minimum Gasteiger partial charge on any atom is -0.497 e. The molecule has 188 valence electrons. The summed E-state index contributed by atoms with van der Waals surface area (Å²) in [5.74, 6) is 1.59. The highest BCUT2D eigenvalue weighted by Gasteiger charge is 2.18. The number of hydrazone groups is 1. The highest BCUT2D eigenvalue weighted by atomic mass is 16.5. The molecule has 0 unspecified atom stereocenters. The van der Waals surface area contributed by atoms with Gasteiger partial charge in [0, 0.05) is 0 Å². The molecular weight excluding hydrogens is 468 g/mol. The van der Waals surface area contributed by atoms with Gasteiger partial charge in [-0.2, -0.15) is 5.10 Å². The molecular formula is C26H26N2O8. The minimum absolute atomic E-state index is 0.195. The number of esters is 1. The molecule has 3 rings (SSSR count). The lowest BCUT2D eigenvalue weighted by Gasteiger charge is -2.13. The predicted octanol–water partition coefficient (Wildman–Crippen LogP) is 3.47. The number of nitrogens with zero attached hydrogens (tertiary/aromatic N) is 1. The van der Waals surface area contributed by atoms with Crippen LogP contribution in [0.1, 0.15) is 15.9 Å². The Morgan fingerprint density at radius 2 is 1.36 bits per heavy atom. The van der Waals surface area contributed by atoms with Gasteiger partial charge in [-0.1, -0.05) is 0 Å². The largest absolute Gasteiger partial charge is 0.497 e. The number of amides is 1. The fraction of sp³-hybridized carbons (Fsp3) is 0.192. The first kappa shape index (κ1) is 25.9. The summed E-state index contributed by atoms with van der Waals surface area (Å²) in [5.41, 5.74) is 3.30. The third-order valence-electron chi connectivity index (χ3n) is 4.82. The summed E-state index contributed by atoms with van der Waals surface area (Å²) >= 11 is 0. The molecule has 0 spiro atoms. The van der Waals surface area contributed by atoms with Crippen LogP contribution in [0, 0.1) is 0 Å². The minimum atomic E-state index is -0.597. The van der Waals surface area contributed by atoms with Gasteiger partial charge in [-0.3, -0.25) is 4.79 Å². The molecule has 10 heteroatoms. The van der Waals surface area contributed by atoms with Crippen LogP contribution in [-0.4, -0.2) is 53.1 Å². The third kappa shape index (κ3) is 6.89. The van der Waals surface area contributed by atoms with Crippen molar-refractivity contribution in [1.82, 2.24) is 5.43 Å². The molecule has 1 amide bonds. The van der Waals surface area contributed by atoms with Crippen LogP contribution in [0.3, 0.4) is 0 Å². The van der Waals surface area contributed by atoms with Crippen LogP contribution in [0.15, 0.2) is 65.8 Å². The van der Waals surface area contributed by atoms with Crippen molar-refractivity contribution in [2.45, 2.75) is 0 Å². The van der Waals surface area contributed by atoms with E-state index >= 15 is 0 Å². The first-order valence-corrected chi connectivity index (χ1v) is 10.7. The lowest BCUT2D eigenvalue weighted by Crippen LogP contribution is -2.24. The molecule has 0 radical (unpaired) electrons. The molecule has 0 aliphatic rings. The number of benzene rings is 3. The molecule has 10 nitrogen and oxygen atoms in total. The molecule has 36 heavy (non-hydrogen) atoms. The highest BCUT2D eigenvalue weighted by Crippen LogP contribution is 2.38. The summed E-state index contributed by atoms with van der Waals surface area (Å²) in [7, 11) is 5.97. The van der Waals surface area contributed by atoms with E-state index in [1.54, 1.807) is 55.6 Å². The zero-order valence-electron chi connectivity index (χ0n) is 20.3. The number of rotatable bonds is 11. The van der Waals surface area contributed by atoms with Crippen LogP contribution in [-0.2, 0) is 4.79 Å². The van der Waals surface area contributed by atoms with Crippen LogP contribution >= 0.6 is 0 Å². The molecule has 1 N–H and O–H groups in total. The van der Waals surface area contributed by atoms with Crippen molar-refractivity contribution in [2.24, 2.45) is 5.10 Å². The van der Waals surface area contributed by atoms with E-state index in [1.165, 1.54) is 39.7 Å². The summed E-state index contributed by atoms with van der Waals surface area (Å²) in [5, 5.41) is 3.90. The third-order valence-corrected chi connectivity index (χ3v) is 4.82. The molecule has 0 fully saturated rings. The second-order valence-corrected chi connectivity index (χ2v) is 7.13. The van der Waals surface area contributed by atoms with Gasteiger partial charge < -0.3 is 28.4 Å². The molecule has 0 atom stereocenters. The molecule has 0 heterocycles. The summed E-state index contributed by atoms with van der Waals surface area (Å²) < 4.78 is 31.7. The van der Waals surface area contributed by atoms with E-state index in [1.807, 2.05) is 0 Å². The van der Waals surface area contributed by atoms with Crippen molar-refractivity contribution < 1.29 is 38.0 Å². The Bertz CT molecular complexity index is 1180. The quantitative estimate of drug-likeness (QED) is 0.187. The Kier molecular flexibility index (Phi) is 9.10. The van der Waals surface area contributed by atoms with Gasteiger partial charge in [0.2, 0.25) is 5.75 Å². The number of ether oxygens (including phenoxy) is 6. The van der Waals surface area contributed by atoms with Crippen LogP contribution in [0.5, 0.6) is 34.5 Å². The maximum atomic E-state index is 12.6. The monoisotopic (exact) mass is 494 g/mol. The summed E-state index contributed by atoms with van der Waals surface area (Å²) in [6.07, 6.45) is 1.45. The van der Waals surface area contributed by atoms with Gasteiger partial charge in [-0.15, -0.1) is 0 Å². The van der Waals surface area contributed by atoms with E-state index in [-0.39, 0.29) is 12.2 Å². The Balaban J connectivity index is 1.52. The number of hydrogen-bond donors (Lipinski definition) is 1. The smallest absolute Gasteiger partial charge is 0.343 e. The Morgan fingerprint density at radius 1 is 0.778 bits per heavy atom. The van der Waals surface area contributed by atoms with Gasteiger partial charge in [0.15, 0.2) is 18.1 Å². The first-order valence-electron chi connectivity index (χ1n) is 10.7. The van der Waals surface area contributed by atoms with Crippen molar-refractivity contribution >= 4 is 18.1 Å². The highest BCUT2D eigenvalue weighted by molar-refractivity contribution is 5.93. The average Bonchev–Trinajstić information content (AvgIpc) is 2.92. The lowest BCUT2D eigenvalue weighted by molar-refractivity contribution is -0.123. The Labute approximate surface area is 208 Å². The predicted molar refractivity (Wildman–Crippen MR) is 132 cm³/mol. The molecule has 0 aliphatic carbocycles. The molecule has 3 aromatic carbocycles. The zero-order chi connectivity index (χ0) is 25.9. The number of carbonyl (C=O) groups excluding carboxylic acids is 2. The van der Waals surface area contributed by atoms with Gasteiger partial charge in [0.1, 0.15) is 17.2 Å². The van der Waals surface area contributed by atoms with Crippen LogP contribution in [0.25, 0.3) is 0 Å². The number of nitrogens with one attached hydrogen (secondary N) is 1. The zero-order valence-corrected chi connectivity index (χ0v) is 20.3. The molecule has 0 aromatic heterocycles. The Hall–Kier alpha value is -4.73. The average molecular weight is 495 g/mol. The van der Waals surface area contributed by atoms with Gasteiger partial charge in [-0.25, -0.2) is 10.2 Å². The first-order chi connectivity index (χ1) is 17.5. The van der Waals surface area contributed by atoms with Crippen molar-refractivity contribution in [1.29, 1.82) is 0 Å². The summed E-state index contributed by atoms with van der Waals surface area (Å²) in [6.45, 7) is -0.195. The second-order valence-electron chi connectivity index (χ2n) is 7.13. The number of hydrogen-bond acceptors (Lipinski definition) is 9. The fourth-order valence-corrected chi connectivity index (χ4v) is 3.02. The van der Waals surface area contributed by atoms with Crippen molar-refractivity contribution in [3.05, 3.63) is 71.8 Å². The Morgan fingerprint density at radius 3 is 1.92 bits per heavy atom. The van der Waals surface area contributed by atoms with E-state index < -0.39 is 11.9 Å². The lowest BCUT2D eigenvalue weighted by atomic mass is 10.2. The van der Waals surface area contributed by atoms with E-state index in [0.717, 1.165) is 0 Å². The van der Waals surface area contributed by atoms with Gasteiger partial charge >= 0.3 is 5.97 Å². The van der Waals surface area contributed by atoms with Crippen LogP contribution in [0.4, 0.5) is 0 Å².